The normalized spacial score (nSPS) is 19.6. The Morgan fingerprint density at radius 1 is 1.11 bits per heavy atom. The van der Waals surface area contributed by atoms with E-state index in [1.54, 1.807) is 18.2 Å². The molecule has 28 heavy (non-hydrogen) atoms. The quantitative estimate of drug-likeness (QED) is 0.762. The molecule has 4 rings (SSSR count). The zero-order chi connectivity index (χ0) is 19.5. The maximum absolute atomic E-state index is 12.5. The van der Waals surface area contributed by atoms with Gasteiger partial charge in [0.1, 0.15) is 19.0 Å². The summed E-state index contributed by atoms with van der Waals surface area (Å²) in [6.45, 7) is 1.08. The number of hydrogen-bond acceptors (Lipinski definition) is 5. The van der Waals surface area contributed by atoms with Crippen LogP contribution in [0.4, 0.5) is 0 Å². The molecule has 1 aliphatic heterocycles. The summed E-state index contributed by atoms with van der Waals surface area (Å²) in [6, 6.07) is 12.9. The molecule has 2 N–H and O–H groups in total. The summed E-state index contributed by atoms with van der Waals surface area (Å²) in [5.74, 6) is 1.09. The van der Waals surface area contributed by atoms with Crippen LogP contribution in [0.25, 0.3) is 0 Å². The van der Waals surface area contributed by atoms with E-state index in [0.29, 0.717) is 25.5 Å². The Kier molecular flexibility index (Phi) is 5.06. The molecule has 1 saturated carbocycles. The van der Waals surface area contributed by atoms with E-state index in [-0.39, 0.29) is 17.7 Å². The molecule has 0 saturated heterocycles. The SMILES string of the molecule is O=C(O)COc1cccc(CNC(=O)[C@H]2C[C@H]2c2ccc3c(c2)OCCO3)c1. The third-order valence-corrected chi connectivity index (χ3v) is 4.85. The Bertz CT molecular complexity index is 896. The minimum atomic E-state index is -1.03. The number of amides is 1. The molecule has 1 heterocycles. The number of ether oxygens (including phenoxy) is 3. The van der Waals surface area contributed by atoms with Crippen molar-refractivity contribution in [2.75, 3.05) is 19.8 Å². The highest BCUT2D eigenvalue weighted by atomic mass is 16.6. The van der Waals surface area contributed by atoms with Crippen LogP contribution in [0.2, 0.25) is 0 Å². The number of nitrogens with one attached hydrogen (secondary N) is 1. The van der Waals surface area contributed by atoms with Crippen LogP contribution in [0, 0.1) is 5.92 Å². The van der Waals surface area contributed by atoms with Crippen LogP contribution in [0.5, 0.6) is 17.2 Å². The number of fused-ring (bicyclic) bond motifs is 1. The standard InChI is InChI=1S/C21H21NO6/c23-20(24)12-28-15-3-1-2-13(8-15)11-22-21(25)17-10-16(17)14-4-5-18-19(9-14)27-7-6-26-18/h1-5,8-9,16-17H,6-7,10-12H2,(H,22,25)(H,23,24)/t16-,17-/m0/s1. The minimum absolute atomic E-state index is 0.0109. The maximum Gasteiger partial charge on any atom is 0.341 e. The lowest BCUT2D eigenvalue weighted by Crippen LogP contribution is -2.25. The van der Waals surface area contributed by atoms with Gasteiger partial charge in [-0.25, -0.2) is 4.79 Å². The second-order valence-corrected chi connectivity index (χ2v) is 6.90. The van der Waals surface area contributed by atoms with E-state index in [0.717, 1.165) is 29.0 Å². The van der Waals surface area contributed by atoms with Crippen molar-refractivity contribution in [2.45, 2.75) is 18.9 Å². The predicted octanol–water partition coefficient (Wildman–Crippen LogP) is 2.34. The summed E-state index contributed by atoms with van der Waals surface area (Å²) in [7, 11) is 0. The average Bonchev–Trinajstić information content (AvgIpc) is 3.51. The van der Waals surface area contributed by atoms with Crippen molar-refractivity contribution in [3.63, 3.8) is 0 Å². The zero-order valence-electron chi connectivity index (χ0n) is 15.2. The van der Waals surface area contributed by atoms with E-state index in [1.165, 1.54) is 0 Å². The van der Waals surface area contributed by atoms with Gasteiger partial charge in [-0.05, 0) is 47.7 Å². The van der Waals surface area contributed by atoms with Gasteiger partial charge in [0.25, 0.3) is 0 Å². The molecule has 0 radical (unpaired) electrons. The number of carbonyl (C=O) groups excluding carboxylic acids is 1. The van der Waals surface area contributed by atoms with Crippen molar-refractivity contribution in [3.8, 4) is 17.2 Å². The molecule has 2 atom stereocenters. The Labute approximate surface area is 162 Å². The lowest BCUT2D eigenvalue weighted by Gasteiger charge is -2.18. The van der Waals surface area contributed by atoms with E-state index in [9.17, 15) is 9.59 Å². The zero-order valence-corrected chi connectivity index (χ0v) is 15.2. The van der Waals surface area contributed by atoms with Gasteiger partial charge in [0.2, 0.25) is 5.91 Å². The highest BCUT2D eigenvalue weighted by molar-refractivity contribution is 5.83. The van der Waals surface area contributed by atoms with Gasteiger partial charge in [-0.2, -0.15) is 0 Å². The number of carboxylic acid groups (broad SMARTS) is 1. The highest BCUT2D eigenvalue weighted by Crippen LogP contribution is 2.49. The summed E-state index contributed by atoms with van der Waals surface area (Å²) >= 11 is 0. The van der Waals surface area contributed by atoms with E-state index in [1.807, 2.05) is 24.3 Å². The Balaban J connectivity index is 1.31. The van der Waals surface area contributed by atoms with Crippen LogP contribution in [0.3, 0.4) is 0 Å². The smallest absolute Gasteiger partial charge is 0.341 e. The van der Waals surface area contributed by atoms with Crippen molar-refractivity contribution in [2.24, 2.45) is 5.92 Å². The van der Waals surface area contributed by atoms with Crippen LogP contribution >= 0.6 is 0 Å². The number of hydrogen-bond donors (Lipinski definition) is 2. The fourth-order valence-electron chi connectivity index (χ4n) is 3.35. The predicted molar refractivity (Wildman–Crippen MR) is 99.7 cm³/mol. The number of carboxylic acids is 1. The Hall–Kier alpha value is -3.22. The van der Waals surface area contributed by atoms with Crippen LogP contribution in [0.1, 0.15) is 23.5 Å². The van der Waals surface area contributed by atoms with E-state index < -0.39 is 12.6 Å². The lowest BCUT2D eigenvalue weighted by atomic mass is 10.1. The Morgan fingerprint density at radius 2 is 1.93 bits per heavy atom. The monoisotopic (exact) mass is 383 g/mol. The first kappa shape index (κ1) is 18.2. The van der Waals surface area contributed by atoms with Gasteiger partial charge in [-0.3, -0.25) is 4.79 Å². The van der Waals surface area contributed by atoms with Crippen molar-refractivity contribution in [1.82, 2.24) is 5.32 Å². The van der Waals surface area contributed by atoms with Gasteiger partial charge in [0.05, 0.1) is 0 Å². The topological polar surface area (TPSA) is 94.1 Å². The fourth-order valence-corrected chi connectivity index (χ4v) is 3.35. The molecule has 1 fully saturated rings. The molecular formula is C21H21NO6. The van der Waals surface area contributed by atoms with Crippen LogP contribution in [-0.4, -0.2) is 36.8 Å². The van der Waals surface area contributed by atoms with Gasteiger partial charge in [-0.15, -0.1) is 0 Å². The van der Waals surface area contributed by atoms with E-state index in [2.05, 4.69) is 5.32 Å². The van der Waals surface area contributed by atoms with E-state index in [4.69, 9.17) is 19.3 Å². The first-order valence-corrected chi connectivity index (χ1v) is 9.21. The highest BCUT2D eigenvalue weighted by Gasteiger charge is 2.44. The van der Waals surface area contributed by atoms with Crippen molar-refractivity contribution in [3.05, 3.63) is 53.6 Å². The molecule has 1 amide bonds. The molecule has 7 heteroatoms. The molecule has 0 unspecified atom stereocenters. The molecule has 0 spiro atoms. The van der Waals surface area contributed by atoms with Crippen LogP contribution < -0.4 is 19.5 Å². The molecule has 0 aromatic heterocycles. The van der Waals surface area contributed by atoms with Gasteiger partial charge in [-0.1, -0.05) is 18.2 Å². The number of aliphatic carboxylic acids is 1. The third kappa shape index (κ3) is 4.19. The summed E-state index contributed by atoms with van der Waals surface area (Å²) in [5.41, 5.74) is 1.95. The molecule has 2 aromatic rings. The fraction of sp³-hybridized carbons (Fsp3) is 0.333. The minimum Gasteiger partial charge on any atom is -0.486 e. The molecular weight excluding hydrogens is 362 g/mol. The third-order valence-electron chi connectivity index (χ3n) is 4.85. The average molecular weight is 383 g/mol. The van der Waals surface area contributed by atoms with Gasteiger partial charge in [0.15, 0.2) is 18.1 Å². The molecule has 146 valence electrons. The van der Waals surface area contributed by atoms with E-state index >= 15 is 0 Å². The molecule has 1 aliphatic carbocycles. The molecule has 0 bridgehead atoms. The van der Waals surface area contributed by atoms with Crippen LogP contribution in [0.15, 0.2) is 42.5 Å². The largest absolute Gasteiger partial charge is 0.486 e. The summed E-state index contributed by atoms with van der Waals surface area (Å²) in [5, 5.41) is 11.6. The first-order valence-electron chi connectivity index (χ1n) is 9.21. The number of carbonyl (C=O) groups is 2. The summed E-state index contributed by atoms with van der Waals surface area (Å²) < 4.78 is 16.3. The maximum atomic E-state index is 12.5. The second kappa shape index (κ2) is 7.80. The Morgan fingerprint density at radius 3 is 2.75 bits per heavy atom. The van der Waals surface area contributed by atoms with Crippen molar-refractivity contribution < 1.29 is 28.9 Å². The van der Waals surface area contributed by atoms with Gasteiger partial charge in [0, 0.05) is 12.5 Å². The van der Waals surface area contributed by atoms with Crippen molar-refractivity contribution in [1.29, 1.82) is 0 Å². The molecule has 2 aliphatic rings. The van der Waals surface area contributed by atoms with Crippen LogP contribution in [-0.2, 0) is 16.1 Å². The first-order chi connectivity index (χ1) is 13.6. The molecule has 2 aromatic carbocycles. The molecule has 7 nitrogen and oxygen atoms in total. The lowest BCUT2D eigenvalue weighted by molar-refractivity contribution is -0.139. The summed E-state index contributed by atoms with van der Waals surface area (Å²) in [6.07, 6.45) is 0.813. The van der Waals surface area contributed by atoms with Gasteiger partial charge >= 0.3 is 5.97 Å². The summed E-state index contributed by atoms with van der Waals surface area (Å²) in [4.78, 5) is 23.1. The second-order valence-electron chi connectivity index (χ2n) is 6.90. The van der Waals surface area contributed by atoms with Crippen molar-refractivity contribution >= 4 is 11.9 Å². The number of rotatable bonds is 7. The van der Waals surface area contributed by atoms with Gasteiger partial charge < -0.3 is 24.6 Å². The number of benzene rings is 2.